The van der Waals surface area contributed by atoms with Crippen molar-refractivity contribution in [3.63, 3.8) is 0 Å². The van der Waals surface area contributed by atoms with E-state index in [1.807, 2.05) is 56.3 Å². The number of hydrogen-bond donors (Lipinski definition) is 1. The van der Waals surface area contributed by atoms with E-state index in [1.165, 1.54) is 5.56 Å². The third-order valence-electron chi connectivity index (χ3n) is 3.54. The number of benzene rings is 2. The van der Waals surface area contributed by atoms with Gasteiger partial charge in [-0.15, -0.1) is 0 Å². The van der Waals surface area contributed by atoms with Crippen molar-refractivity contribution in [2.24, 2.45) is 0 Å². The molecule has 1 atom stereocenters. The molecule has 0 bridgehead atoms. The van der Waals surface area contributed by atoms with Gasteiger partial charge in [-0.1, -0.05) is 66.7 Å². The molecule has 0 saturated carbocycles. The average molecular weight is 309 g/mol. The van der Waals surface area contributed by atoms with Gasteiger partial charge in [0.25, 0.3) is 0 Å². The predicted octanol–water partition coefficient (Wildman–Crippen LogP) is 4.58. The molecular formula is C20H23NO2. The van der Waals surface area contributed by atoms with Crippen LogP contribution in [0, 0.1) is 0 Å². The van der Waals surface area contributed by atoms with Crippen molar-refractivity contribution < 1.29 is 9.53 Å². The minimum absolute atomic E-state index is 0.00125. The highest BCUT2D eigenvalue weighted by atomic mass is 16.5. The van der Waals surface area contributed by atoms with Crippen molar-refractivity contribution in [3.05, 3.63) is 77.9 Å². The summed E-state index contributed by atoms with van der Waals surface area (Å²) in [5.74, 6) is 0. The van der Waals surface area contributed by atoms with Crippen LogP contribution < -0.4 is 5.32 Å². The van der Waals surface area contributed by atoms with E-state index in [2.05, 4.69) is 24.0 Å². The quantitative estimate of drug-likeness (QED) is 0.848. The minimum atomic E-state index is -0.391. The van der Waals surface area contributed by atoms with E-state index in [0.29, 0.717) is 0 Å². The summed E-state index contributed by atoms with van der Waals surface area (Å²) >= 11 is 0. The Hall–Kier alpha value is -2.55. The molecule has 2 rings (SSSR count). The van der Waals surface area contributed by atoms with E-state index in [1.54, 1.807) is 0 Å². The third-order valence-corrected chi connectivity index (χ3v) is 3.54. The summed E-state index contributed by atoms with van der Waals surface area (Å²) in [6, 6.07) is 17.9. The molecule has 0 fully saturated rings. The second kappa shape index (κ2) is 8.18. The molecule has 0 aliphatic heterocycles. The number of carbonyl (C=O) groups is 1. The van der Waals surface area contributed by atoms with E-state index >= 15 is 0 Å². The fraction of sp³-hybridized carbons (Fsp3) is 0.250. The number of rotatable bonds is 6. The topological polar surface area (TPSA) is 38.3 Å². The first-order valence-corrected chi connectivity index (χ1v) is 7.76. The van der Waals surface area contributed by atoms with Gasteiger partial charge in [0.1, 0.15) is 6.61 Å². The van der Waals surface area contributed by atoms with E-state index in [0.717, 1.165) is 23.1 Å². The molecule has 1 amide bonds. The van der Waals surface area contributed by atoms with Gasteiger partial charge in [0.2, 0.25) is 0 Å². The fourth-order valence-corrected chi connectivity index (χ4v) is 2.33. The molecule has 0 aliphatic carbocycles. The number of allylic oxidation sites excluding steroid dienone is 1. The van der Waals surface area contributed by atoms with E-state index in [4.69, 9.17) is 4.74 Å². The van der Waals surface area contributed by atoms with Gasteiger partial charge >= 0.3 is 6.09 Å². The van der Waals surface area contributed by atoms with Crippen LogP contribution in [0.25, 0.3) is 5.57 Å². The molecule has 3 nitrogen and oxygen atoms in total. The molecular weight excluding hydrogens is 286 g/mol. The number of alkyl carbamates (subject to hydrolysis) is 1. The van der Waals surface area contributed by atoms with Crippen LogP contribution in [0.4, 0.5) is 4.79 Å². The minimum Gasteiger partial charge on any atom is -0.445 e. The van der Waals surface area contributed by atoms with Gasteiger partial charge in [-0.2, -0.15) is 0 Å². The number of hydrogen-bond acceptors (Lipinski definition) is 2. The van der Waals surface area contributed by atoms with Crippen LogP contribution in [0.15, 0.2) is 61.2 Å². The largest absolute Gasteiger partial charge is 0.445 e. The van der Waals surface area contributed by atoms with E-state index < -0.39 is 6.09 Å². The maximum atomic E-state index is 11.8. The average Bonchev–Trinajstić information content (AvgIpc) is 2.54. The second-order valence-electron chi connectivity index (χ2n) is 5.79. The van der Waals surface area contributed by atoms with Crippen LogP contribution in [-0.4, -0.2) is 12.1 Å². The van der Waals surface area contributed by atoms with Gasteiger partial charge in [-0.3, -0.25) is 0 Å². The highest BCUT2D eigenvalue weighted by molar-refractivity contribution is 5.67. The summed E-state index contributed by atoms with van der Waals surface area (Å²) in [6.07, 6.45) is 0.360. The molecule has 0 spiro atoms. The smallest absolute Gasteiger partial charge is 0.407 e. The van der Waals surface area contributed by atoms with E-state index in [9.17, 15) is 4.79 Å². The van der Waals surface area contributed by atoms with Gasteiger partial charge in [0.05, 0.1) is 0 Å². The number of ether oxygens (including phenoxy) is 1. The zero-order chi connectivity index (χ0) is 16.7. The Kier molecular flexibility index (Phi) is 5.98. The lowest BCUT2D eigenvalue weighted by Gasteiger charge is -2.15. The molecule has 0 aromatic heterocycles. The van der Waals surface area contributed by atoms with Crippen LogP contribution in [-0.2, 0) is 17.8 Å². The molecule has 0 saturated heterocycles. The molecule has 0 unspecified atom stereocenters. The first kappa shape index (κ1) is 16.8. The molecule has 0 heterocycles. The molecule has 2 aromatic rings. The van der Waals surface area contributed by atoms with Crippen molar-refractivity contribution in [2.75, 3.05) is 0 Å². The Morgan fingerprint density at radius 3 is 2.52 bits per heavy atom. The van der Waals surface area contributed by atoms with Crippen molar-refractivity contribution >= 4 is 11.7 Å². The van der Waals surface area contributed by atoms with E-state index in [-0.39, 0.29) is 12.6 Å². The molecule has 1 N–H and O–H groups in total. The Balaban J connectivity index is 1.82. The number of nitrogens with one attached hydrogen (secondary N) is 1. The standard InChI is InChI=1S/C20H23NO2/c1-15(2)19-11-7-10-18(13-19)12-16(3)21-20(22)23-14-17-8-5-4-6-9-17/h4-11,13,16H,1,12,14H2,2-3H3,(H,21,22)/t16-/m0/s1. The van der Waals surface area contributed by atoms with Crippen LogP contribution in [0.1, 0.15) is 30.5 Å². The number of amides is 1. The lowest BCUT2D eigenvalue weighted by Crippen LogP contribution is -2.34. The summed E-state index contributed by atoms with van der Waals surface area (Å²) in [4.78, 5) is 11.8. The van der Waals surface area contributed by atoms with Crippen molar-refractivity contribution in [2.45, 2.75) is 32.9 Å². The maximum absolute atomic E-state index is 11.8. The molecule has 23 heavy (non-hydrogen) atoms. The van der Waals surface area contributed by atoms with Gasteiger partial charge in [0, 0.05) is 6.04 Å². The Morgan fingerprint density at radius 2 is 1.83 bits per heavy atom. The molecule has 0 radical (unpaired) electrons. The van der Waals surface area contributed by atoms with Crippen LogP contribution in [0.2, 0.25) is 0 Å². The SMILES string of the molecule is C=C(C)c1cccc(C[C@H](C)NC(=O)OCc2ccccc2)c1. The first-order chi connectivity index (χ1) is 11.0. The molecule has 120 valence electrons. The van der Waals surface area contributed by atoms with Gasteiger partial charge in [0.15, 0.2) is 0 Å². The highest BCUT2D eigenvalue weighted by Crippen LogP contribution is 2.14. The summed E-state index contributed by atoms with van der Waals surface area (Å²) in [6.45, 7) is 8.20. The summed E-state index contributed by atoms with van der Waals surface area (Å²) < 4.78 is 5.23. The van der Waals surface area contributed by atoms with Gasteiger partial charge in [-0.05, 0) is 37.0 Å². The Bertz CT molecular complexity index is 664. The second-order valence-corrected chi connectivity index (χ2v) is 5.79. The zero-order valence-corrected chi connectivity index (χ0v) is 13.7. The summed E-state index contributed by atoms with van der Waals surface area (Å²) in [5, 5.41) is 2.86. The van der Waals surface area contributed by atoms with Crippen LogP contribution in [0.5, 0.6) is 0 Å². The number of carbonyl (C=O) groups excluding carboxylic acids is 1. The predicted molar refractivity (Wildman–Crippen MR) is 94.1 cm³/mol. The lowest BCUT2D eigenvalue weighted by atomic mass is 10.0. The van der Waals surface area contributed by atoms with Gasteiger partial charge < -0.3 is 10.1 Å². The summed E-state index contributed by atoms with van der Waals surface area (Å²) in [7, 11) is 0. The van der Waals surface area contributed by atoms with Crippen LogP contribution in [0.3, 0.4) is 0 Å². The molecule has 0 aliphatic rings. The lowest BCUT2D eigenvalue weighted by molar-refractivity contribution is 0.136. The molecule has 2 aromatic carbocycles. The maximum Gasteiger partial charge on any atom is 0.407 e. The highest BCUT2D eigenvalue weighted by Gasteiger charge is 2.09. The van der Waals surface area contributed by atoms with Crippen LogP contribution >= 0.6 is 0 Å². The van der Waals surface area contributed by atoms with Crippen molar-refractivity contribution in [1.82, 2.24) is 5.32 Å². The van der Waals surface area contributed by atoms with Gasteiger partial charge in [-0.25, -0.2) is 4.79 Å². The normalized spacial score (nSPS) is 11.6. The summed E-state index contributed by atoms with van der Waals surface area (Å²) in [5.41, 5.74) is 4.31. The van der Waals surface area contributed by atoms with Crippen molar-refractivity contribution in [3.8, 4) is 0 Å². The fourth-order valence-electron chi connectivity index (χ4n) is 2.33. The monoisotopic (exact) mass is 309 g/mol. The zero-order valence-electron chi connectivity index (χ0n) is 13.7. The third kappa shape index (κ3) is 5.62. The Labute approximate surface area is 138 Å². The molecule has 3 heteroatoms. The first-order valence-electron chi connectivity index (χ1n) is 7.76. The van der Waals surface area contributed by atoms with Crippen molar-refractivity contribution in [1.29, 1.82) is 0 Å². The Morgan fingerprint density at radius 1 is 1.13 bits per heavy atom.